The van der Waals surface area contributed by atoms with Gasteiger partial charge in [-0.2, -0.15) is 0 Å². The highest BCUT2D eigenvalue weighted by Crippen LogP contribution is 2.26. The fourth-order valence-electron chi connectivity index (χ4n) is 1.94. The lowest BCUT2D eigenvalue weighted by molar-refractivity contribution is 0.0920. The van der Waals surface area contributed by atoms with E-state index in [9.17, 15) is 0 Å². The molecule has 1 aliphatic rings. The molecule has 1 fully saturated rings. The van der Waals surface area contributed by atoms with Gasteiger partial charge in [0, 0.05) is 11.6 Å². The van der Waals surface area contributed by atoms with Crippen LogP contribution in [0, 0.1) is 0 Å². The highest BCUT2D eigenvalue weighted by Gasteiger charge is 2.27. The van der Waals surface area contributed by atoms with E-state index < -0.39 is 0 Å². The second-order valence-corrected chi connectivity index (χ2v) is 4.46. The predicted molar refractivity (Wildman–Crippen MR) is 60.3 cm³/mol. The van der Waals surface area contributed by atoms with Crippen LogP contribution in [-0.4, -0.2) is 19.8 Å². The summed E-state index contributed by atoms with van der Waals surface area (Å²) in [5, 5.41) is 3.45. The summed E-state index contributed by atoms with van der Waals surface area (Å²) in [6.45, 7) is 1.04. The molecule has 0 radical (unpaired) electrons. The summed E-state index contributed by atoms with van der Waals surface area (Å²) in [5.41, 5.74) is 1.30. The van der Waals surface area contributed by atoms with E-state index in [1.807, 2.05) is 0 Å². The molecule has 0 spiro atoms. The van der Waals surface area contributed by atoms with Gasteiger partial charge in [-0.25, -0.2) is 0 Å². The Hall–Kier alpha value is -0.380. The predicted octanol–water partition coefficient (Wildman–Crippen LogP) is 2.50. The molecule has 1 saturated heterocycles. The van der Waals surface area contributed by atoms with Crippen LogP contribution in [0.25, 0.3) is 0 Å². The molecule has 0 saturated carbocycles. The molecule has 1 aromatic rings. The maximum absolute atomic E-state index is 5.43. The van der Waals surface area contributed by atoms with Crippen LogP contribution in [0.3, 0.4) is 0 Å². The van der Waals surface area contributed by atoms with Crippen molar-refractivity contribution in [3.05, 3.63) is 34.3 Å². The van der Waals surface area contributed by atoms with E-state index in [4.69, 9.17) is 4.74 Å². The standard InChI is InChI=1S/C11H14BrNO/c1-14-10-6-7-13-11(10)8-2-4-9(12)5-3-8/h2-5,10-11,13H,6-7H2,1H3. The minimum absolute atomic E-state index is 0.316. The second kappa shape index (κ2) is 4.43. The third kappa shape index (κ3) is 2.00. The van der Waals surface area contributed by atoms with Crippen molar-refractivity contribution in [2.75, 3.05) is 13.7 Å². The zero-order valence-corrected chi connectivity index (χ0v) is 9.75. The molecule has 2 unspecified atom stereocenters. The fourth-order valence-corrected chi connectivity index (χ4v) is 2.20. The number of benzene rings is 1. The monoisotopic (exact) mass is 255 g/mol. The van der Waals surface area contributed by atoms with Gasteiger partial charge in [0.2, 0.25) is 0 Å². The summed E-state index contributed by atoms with van der Waals surface area (Å²) in [6.07, 6.45) is 1.41. The first-order chi connectivity index (χ1) is 6.81. The van der Waals surface area contributed by atoms with Gasteiger partial charge >= 0.3 is 0 Å². The van der Waals surface area contributed by atoms with E-state index in [1.54, 1.807) is 7.11 Å². The summed E-state index contributed by atoms with van der Waals surface area (Å²) in [7, 11) is 1.78. The third-order valence-electron chi connectivity index (χ3n) is 2.70. The van der Waals surface area contributed by atoms with Gasteiger partial charge < -0.3 is 10.1 Å². The van der Waals surface area contributed by atoms with Crippen LogP contribution in [0.5, 0.6) is 0 Å². The van der Waals surface area contributed by atoms with Crippen molar-refractivity contribution in [1.82, 2.24) is 5.32 Å². The van der Waals surface area contributed by atoms with Crippen molar-refractivity contribution in [3.8, 4) is 0 Å². The van der Waals surface area contributed by atoms with Gasteiger partial charge in [0.25, 0.3) is 0 Å². The quantitative estimate of drug-likeness (QED) is 0.877. The van der Waals surface area contributed by atoms with E-state index in [2.05, 4.69) is 45.5 Å². The molecule has 76 valence electrons. The van der Waals surface area contributed by atoms with E-state index in [0.717, 1.165) is 17.4 Å². The normalized spacial score (nSPS) is 26.7. The lowest BCUT2D eigenvalue weighted by Gasteiger charge is -2.18. The van der Waals surface area contributed by atoms with Crippen molar-refractivity contribution >= 4 is 15.9 Å². The molecular weight excluding hydrogens is 242 g/mol. The average molecular weight is 256 g/mol. The second-order valence-electron chi connectivity index (χ2n) is 3.55. The Morgan fingerprint density at radius 2 is 2.07 bits per heavy atom. The van der Waals surface area contributed by atoms with Crippen LogP contribution in [0.15, 0.2) is 28.7 Å². The number of ether oxygens (including phenoxy) is 1. The minimum atomic E-state index is 0.316. The highest BCUT2D eigenvalue weighted by atomic mass is 79.9. The topological polar surface area (TPSA) is 21.3 Å². The van der Waals surface area contributed by atoms with Crippen molar-refractivity contribution in [1.29, 1.82) is 0 Å². The molecule has 1 aliphatic heterocycles. The Balaban J connectivity index is 2.17. The molecule has 2 nitrogen and oxygen atoms in total. The SMILES string of the molecule is COC1CCNC1c1ccc(Br)cc1. The number of nitrogens with one attached hydrogen (secondary N) is 1. The molecule has 0 amide bonds. The van der Waals surface area contributed by atoms with Crippen molar-refractivity contribution in [3.63, 3.8) is 0 Å². The highest BCUT2D eigenvalue weighted by molar-refractivity contribution is 9.10. The molecule has 0 aliphatic carbocycles. The molecule has 1 heterocycles. The third-order valence-corrected chi connectivity index (χ3v) is 3.23. The Kier molecular flexibility index (Phi) is 3.21. The van der Waals surface area contributed by atoms with Gasteiger partial charge in [0.1, 0.15) is 0 Å². The number of hydrogen-bond acceptors (Lipinski definition) is 2. The van der Waals surface area contributed by atoms with E-state index in [-0.39, 0.29) is 0 Å². The number of hydrogen-bond donors (Lipinski definition) is 1. The van der Waals surface area contributed by atoms with Crippen LogP contribution in [0.4, 0.5) is 0 Å². The number of halogens is 1. The van der Waals surface area contributed by atoms with Gasteiger partial charge in [-0.1, -0.05) is 28.1 Å². The Morgan fingerprint density at radius 3 is 2.71 bits per heavy atom. The largest absolute Gasteiger partial charge is 0.379 e. The lowest BCUT2D eigenvalue weighted by Crippen LogP contribution is -2.22. The first-order valence-corrected chi connectivity index (χ1v) is 5.62. The van der Waals surface area contributed by atoms with Gasteiger partial charge in [0.15, 0.2) is 0 Å². The van der Waals surface area contributed by atoms with Crippen LogP contribution in [0.1, 0.15) is 18.0 Å². The number of rotatable bonds is 2. The van der Waals surface area contributed by atoms with E-state index in [1.165, 1.54) is 5.56 Å². The van der Waals surface area contributed by atoms with Gasteiger partial charge in [-0.15, -0.1) is 0 Å². The van der Waals surface area contributed by atoms with Crippen LogP contribution >= 0.6 is 15.9 Å². The van der Waals surface area contributed by atoms with Crippen molar-refractivity contribution in [2.45, 2.75) is 18.6 Å². The molecule has 14 heavy (non-hydrogen) atoms. The van der Waals surface area contributed by atoms with Gasteiger partial charge in [-0.3, -0.25) is 0 Å². The summed E-state index contributed by atoms with van der Waals surface area (Å²) < 4.78 is 6.55. The van der Waals surface area contributed by atoms with Crippen molar-refractivity contribution in [2.24, 2.45) is 0 Å². The van der Waals surface area contributed by atoms with Crippen molar-refractivity contribution < 1.29 is 4.74 Å². The summed E-state index contributed by atoms with van der Waals surface area (Å²) >= 11 is 3.43. The summed E-state index contributed by atoms with van der Waals surface area (Å²) in [4.78, 5) is 0. The molecule has 0 bridgehead atoms. The lowest BCUT2D eigenvalue weighted by atomic mass is 10.0. The molecule has 1 N–H and O–H groups in total. The van der Waals surface area contributed by atoms with Crippen LogP contribution in [-0.2, 0) is 4.74 Å². The van der Waals surface area contributed by atoms with Crippen LogP contribution < -0.4 is 5.32 Å². The molecule has 2 atom stereocenters. The molecule has 1 aromatic carbocycles. The smallest absolute Gasteiger partial charge is 0.0778 e. The Labute approximate surface area is 92.8 Å². The van der Waals surface area contributed by atoms with E-state index in [0.29, 0.717) is 12.1 Å². The zero-order valence-electron chi connectivity index (χ0n) is 8.16. The maximum Gasteiger partial charge on any atom is 0.0778 e. The summed E-state index contributed by atoms with van der Waals surface area (Å²) in [5.74, 6) is 0. The maximum atomic E-state index is 5.43. The molecule has 0 aromatic heterocycles. The van der Waals surface area contributed by atoms with Gasteiger partial charge in [-0.05, 0) is 30.7 Å². The first-order valence-electron chi connectivity index (χ1n) is 4.83. The Morgan fingerprint density at radius 1 is 1.36 bits per heavy atom. The summed E-state index contributed by atoms with van der Waals surface area (Å²) in [6, 6.07) is 8.77. The van der Waals surface area contributed by atoms with E-state index >= 15 is 0 Å². The number of methoxy groups -OCH3 is 1. The zero-order chi connectivity index (χ0) is 9.97. The molecular formula is C11H14BrNO. The Bertz CT molecular complexity index is 299. The van der Waals surface area contributed by atoms with Gasteiger partial charge in [0.05, 0.1) is 12.1 Å². The first kappa shape index (κ1) is 10.1. The minimum Gasteiger partial charge on any atom is -0.379 e. The van der Waals surface area contributed by atoms with Crippen LogP contribution in [0.2, 0.25) is 0 Å². The average Bonchev–Trinajstić information content (AvgIpc) is 2.67. The molecule has 2 rings (SSSR count). The fraction of sp³-hybridized carbons (Fsp3) is 0.455. The molecule has 3 heteroatoms.